The van der Waals surface area contributed by atoms with Gasteiger partial charge in [0.2, 0.25) is 10.0 Å². The van der Waals surface area contributed by atoms with Crippen molar-refractivity contribution in [3.8, 4) is 0 Å². The fourth-order valence-electron chi connectivity index (χ4n) is 0.869. The molecule has 14 heavy (non-hydrogen) atoms. The first-order valence-corrected chi connectivity index (χ1v) is 5.56. The normalized spacial score (nSPS) is 11.1. The fourth-order valence-corrected chi connectivity index (χ4v) is 1.41. The van der Waals surface area contributed by atoms with Gasteiger partial charge in [-0.2, -0.15) is 0 Å². The Morgan fingerprint density at radius 1 is 1.43 bits per heavy atom. The standard InChI is InChI=1S/C6H9BN2O4S/c1-14(12,13)9-6-2-5(7(10)11)3-8-4-6/h2-4,9-11H,1H3. The molecule has 0 aliphatic carbocycles. The van der Waals surface area contributed by atoms with Crippen LogP contribution in [-0.4, -0.2) is 36.8 Å². The van der Waals surface area contributed by atoms with E-state index in [1.807, 2.05) is 0 Å². The maximum Gasteiger partial charge on any atom is 0.490 e. The van der Waals surface area contributed by atoms with Crippen LogP contribution in [0.15, 0.2) is 18.5 Å². The predicted octanol–water partition coefficient (Wildman–Crippen LogP) is -1.87. The van der Waals surface area contributed by atoms with Gasteiger partial charge in [-0.25, -0.2) is 8.42 Å². The van der Waals surface area contributed by atoms with E-state index >= 15 is 0 Å². The van der Waals surface area contributed by atoms with E-state index in [1.54, 1.807) is 0 Å². The predicted molar refractivity (Wildman–Crippen MR) is 52.5 cm³/mol. The van der Waals surface area contributed by atoms with Gasteiger partial charge in [0.05, 0.1) is 18.1 Å². The lowest BCUT2D eigenvalue weighted by molar-refractivity contribution is 0.425. The van der Waals surface area contributed by atoms with Crippen molar-refractivity contribution in [2.45, 2.75) is 0 Å². The molecule has 0 atom stereocenters. The highest BCUT2D eigenvalue weighted by Crippen LogP contribution is 2.03. The SMILES string of the molecule is CS(=O)(=O)Nc1cncc(B(O)O)c1. The smallest absolute Gasteiger partial charge is 0.423 e. The number of pyridine rings is 1. The van der Waals surface area contributed by atoms with E-state index in [1.165, 1.54) is 18.5 Å². The maximum absolute atomic E-state index is 10.8. The van der Waals surface area contributed by atoms with Crippen LogP contribution in [0, 0.1) is 0 Å². The summed E-state index contributed by atoms with van der Waals surface area (Å²) in [6.45, 7) is 0. The Labute approximate surface area is 81.8 Å². The van der Waals surface area contributed by atoms with Crippen molar-refractivity contribution in [3.63, 3.8) is 0 Å². The van der Waals surface area contributed by atoms with Gasteiger partial charge in [-0.05, 0) is 6.07 Å². The quantitative estimate of drug-likeness (QED) is 0.514. The Balaban J connectivity index is 2.95. The summed E-state index contributed by atoms with van der Waals surface area (Å²) in [6, 6.07) is 1.29. The Hall–Kier alpha value is -1.12. The second kappa shape index (κ2) is 3.95. The summed E-state index contributed by atoms with van der Waals surface area (Å²) in [7, 11) is -5.04. The minimum Gasteiger partial charge on any atom is -0.423 e. The summed E-state index contributed by atoms with van der Waals surface area (Å²) in [6.07, 6.45) is 3.50. The zero-order valence-corrected chi connectivity index (χ0v) is 8.19. The molecule has 0 amide bonds. The highest BCUT2D eigenvalue weighted by molar-refractivity contribution is 7.92. The number of rotatable bonds is 3. The molecule has 6 nitrogen and oxygen atoms in total. The molecule has 76 valence electrons. The second-order valence-corrected chi connectivity index (χ2v) is 4.50. The third-order valence-electron chi connectivity index (χ3n) is 1.36. The van der Waals surface area contributed by atoms with Gasteiger partial charge in [0, 0.05) is 11.7 Å². The minimum atomic E-state index is -3.37. The molecule has 0 radical (unpaired) electrons. The average molecular weight is 216 g/mol. The molecule has 0 saturated heterocycles. The molecule has 0 aliphatic rings. The summed E-state index contributed by atoms with van der Waals surface area (Å²) in [5.74, 6) is 0. The lowest BCUT2D eigenvalue weighted by Crippen LogP contribution is -2.30. The summed E-state index contributed by atoms with van der Waals surface area (Å²) >= 11 is 0. The van der Waals surface area contributed by atoms with Crippen LogP contribution in [0.5, 0.6) is 0 Å². The summed E-state index contributed by atoms with van der Waals surface area (Å²) in [5, 5.41) is 17.6. The van der Waals surface area contributed by atoms with E-state index < -0.39 is 17.1 Å². The van der Waals surface area contributed by atoms with Gasteiger partial charge < -0.3 is 10.0 Å². The van der Waals surface area contributed by atoms with Gasteiger partial charge in [0.15, 0.2) is 0 Å². The molecule has 3 N–H and O–H groups in total. The summed E-state index contributed by atoms with van der Waals surface area (Å²) < 4.78 is 23.8. The minimum absolute atomic E-state index is 0.124. The molecule has 0 bridgehead atoms. The van der Waals surface area contributed by atoms with Crippen molar-refractivity contribution in [2.75, 3.05) is 11.0 Å². The second-order valence-electron chi connectivity index (χ2n) is 2.75. The van der Waals surface area contributed by atoms with Crippen LogP contribution in [0.25, 0.3) is 0 Å². The first kappa shape index (κ1) is 11.0. The van der Waals surface area contributed by atoms with Gasteiger partial charge in [-0.3, -0.25) is 9.71 Å². The van der Waals surface area contributed by atoms with Crippen molar-refractivity contribution >= 4 is 28.3 Å². The van der Waals surface area contributed by atoms with E-state index in [0.29, 0.717) is 0 Å². The van der Waals surface area contributed by atoms with Crippen molar-refractivity contribution in [1.29, 1.82) is 0 Å². The van der Waals surface area contributed by atoms with Crippen molar-refractivity contribution in [1.82, 2.24) is 4.98 Å². The first-order valence-electron chi connectivity index (χ1n) is 3.67. The van der Waals surface area contributed by atoms with E-state index in [4.69, 9.17) is 10.0 Å². The largest absolute Gasteiger partial charge is 0.490 e. The topological polar surface area (TPSA) is 99.5 Å². The highest BCUT2D eigenvalue weighted by atomic mass is 32.2. The van der Waals surface area contributed by atoms with Gasteiger partial charge in [-0.1, -0.05) is 0 Å². The molecule has 0 aromatic carbocycles. The zero-order chi connectivity index (χ0) is 10.8. The van der Waals surface area contributed by atoms with Gasteiger partial charge in [0.25, 0.3) is 0 Å². The van der Waals surface area contributed by atoms with E-state index in [-0.39, 0.29) is 11.2 Å². The maximum atomic E-state index is 10.8. The van der Waals surface area contributed by atoms with Crippen molar-refractivity contribution in [2.24, 2.45) is 0 Å². The lowest BCUT2D eigenvalue weighted by Gasteiger charge is -2.04. The third kappa shape index (κ3) is 3.33. The molecular weight excluding hydrogens is 207 g/mol. The van der Waals surface area contributed by atoms with Gasteiger partial charge in [-0.15, -0.1) is 0 Å². The lowest BCUT2D eigenvalue weighted by atomic mass is 9.81. The molecule has 8 heteroatoms. The Morgan fingerprint density at radius 2 is 2.07 bits per heavy atom. The molecule has 0 spiro atoms. The van der Waals surface area contributed by atoms with Crippen LogP contribution in [-0.2, 0) is 10.0 Å². The van der Waals surface area contributed by atoms with E-state index in [9.17, 15) is 8.42 Å². The number of sulfonamides is 1. The van der Waals surface area contributed by atoms with Crippen molar-refractivity contribution in [3.05, 3.63) is 18.5 Å². The van der Waals surface area contributed by atoms with Crippen LogP contribution >= 0.6 is 0 Å². The van der Waals surface area contributed by atoms with Crippen LogP contribution in [0.2, 0.25) is 0 Å². The molecule has 1 heterocycles. The molecule has 0 unspecified atom stereocenters. The molecule has 1 aromatic rings. The molecule has 0 fully saturated rings. The number of anilines is 1. The molecule has 1 rings (SSSR count). The molecule has 0 saturated carbocycles. The number of nitrogens with zero attached hydrogens (tertiary/aromatic N) is 1. The summed E-state index contributed by atoms with van der Waals surface area (Å²) in [4.78, 5) is 3.64. The van der Waals surface area contributed by atoms with Crippen LogP contribution in [0.1, 0.15) is 0 Å². The van der Waals surface area contributed by atoms with E-state index in [2.05, 4.69) is 9.71 Å². The molecule has 1 aromatic heterocycles. The Kier molecular flexibility index (Phi) is 3.09. The zero-order valence-electron chi connectivity index (χ0n) is 7.38. The van der Waals surface area contributed by atoms with Crippen LogP contribution in [0.4, 0.5) is 5.69 Å². The summed E-state index contributed by atoms with van der Waals surface area (Å²) in [5.41, 5.74) is 0.316. The molecular formula is C6H9BN2O4S. The average Bonchev–Trinajstić information content (AvgIpc) is 2.01. The number of hydrogen-bond acceptors (Lipinski definition) is 5. The van der Waals surface area contributed by atoms with Crippen molar-refractivity contribution < 1.29 is 18.5 Å². The Bertz CT molecular complexity index is 420. The number of aromatic nitrogens is 1. The number of hydrogen-bond donors (Lipinski definition) is 3. The fraction of sp³-hybridized carbons (Fsp3) is 0.167. The van der Waals surface area contributed by atoms with E-state index in [0.717, 1.165) is 6.26 Å². The Morgan fingerprint density at radius 3 is 2.57 bits per heavy atom. The first-order chi connectivity index (χ1) is 6.38. The monoisotopic (exact) mass is 216 g/mol. The highest BCUT2D eigenvalue weighted by Gasteiger charge is 2.12. The van der Waals surface area contributed by atoms with Crippen LogP contribution in [0.3, 0.4) is 0 Å². The van der Waals surface area contributed by atoms with Gasteiger partial charge in [0.1, 0.15) is 0 Å². The number of nitrogens with one attached hydrogen (secondary N) is 1. The van der Waals surface area contributed by atoms with Gasteiger partial charge >= 0.3 is 7.12 Å². The van der Waals surface area contributed by atoms with Crippen LogP contribution < -0.4 is 10.2 Å². The third-order valence-corrected chi connectivity index (χ3v) is 1.97. The molecule has 0 aliphatic heterocycles.